The van der Waals surface area contributed by atoms with E-state index in [1.54, 1.807) is 0 Å². The molecule has 0 amide bonds. The molecule has 3 aromatic rings. The first-order valence-electron chi connectivity index (χ1n) is 13.0. The molecule has 1 aliphatic carbocycles. The number of ether oxygens (including phenoxy) is 1. The van der Waals surface area contributed by atoms with Crippen LogP contribution in [0.5, 0.6) is 0 Å². The summed E-state index contributed by atoms with van der Waals surface area (Å²) in [6.45, 7) is 9.11. The molecule has 0 aliphatic heterocycles. The Morgan fingerprint density at radius 1 is 0.865 bits per heavy atom. The van der Waals surface area contributed by atoms with Gasteiger partial charge in [0.2, 0.25) is 0 Å². The molecule has 0 aromatic heterocycles. The Hall–Kier alpha value is -3.28. The fraction of sp³-hybridized carbons (Fsp3) is 0.375. The third-order valence-electron chi connectivity index (χ3n) is 6.83. The van der Waals surface area contributed by atoms with Crippen molar-refractivity contribution in [3.8, 4) is 11.1 Å². The maximum Gasteiger partial charge on any atom is 0.323 e. The Kier molecular flexibility index (Phi) is 7.67. The molecule has 0 saturated heterocycles. The van der Waals surface area contributed by atoms with Gasteiger partial charge in [0.25, 0.3) is 0 Å². The number of hydrogen-bond acceptors (Lipinski definition) is 5. The van der Waals surface area contributed by atoms with Crippen molar-refractivity contribution in [1.82, 2.24) is 5.32 Å². The van der Waals surface area contributed by atoms with Crippen molar-refractivity contribution in [2.75, 3.05) is 0 Å². The number of rotatable bonds is 9. The molecule has 2 atom stereocenters. The van der Waals surface area contributed by atoms with Crippen molar-refractivity contribution < 1.29 is 19.4 Å². The maximum atomic E-state index is 13.6. The molecule has 37 heavy (non-hydrogen) atoms. The van der Waals surface area contributed by atoms with Gasteiger partial charge in [0.15, 0.2) is 0 Å². The summed E-state index contributed by atoms with van der Waals surface area (Å²) >= 11 is 0. The summed E-state index contributed by atoms with van der Waals surface area (Å²) in [5.74, 6) is -0.683. The standard InChI is InChI=1S/C32H37NO4/c1-21(2)29(35)20-23(34)19-28(30(36)37-31(3,4)5)33-32(22-13-7-6-8-14-22)26-17-11-9-15-24(26)25-16-10-12-18-27(25)32/h6-18,21,23,28,33-34H,19-20H2,1-5H3/t23?,28-/m0/s1. The SMILES string of the molecule is CC(C)C(=O)CC(O)C[C@H](NC1(c2ccccc2)c2ccccc2-c2ccccc21)C(=O)OC(C)(C)C. The molecule has 0 fully saturated rings. The van der Waals surface area contributed by atoms with Gasteiger partial charge < -0.3 is 9.84 Å². The van der Waals surface area contributed by atoms with E-state index in [-0.39, 0.29) is 24.5 Å². The average molecular weight is 500 g/mol. The first-order chi connectivity index (χ1) is 17.5. The van der Waals surface area contributed by atoms with E-state index in [1.807, 2.05) is 77.1 Å². The van der Waals surface area contributed by atoms with Crippen LogP contribution < -0.4 is 5.32 Å². The smallest absolute Gasteiger partial charge is 0.323 e. The van der Waals surface area contributed by atoms with E-state index < -0.39 is 29.3 Å². The maximum absolute atomic E-state index is 13.6. The van der Waals surface area contributed by atoms with Crippen molar-refractivity contribution in [1.29, 1.82) is 0 Å². The number of carbonyl (C=O) groups is 2. The molecule has 0 heterocycles. The number of fused-ring (bicyclic) bond motifs is 3. The molecule has 5 nitrogen and oxygen atoms in total. The summed E-state index contributed by atoms with van der Waals surface area (Å²) in [5.41, 5.74) is 3.67. The minimum Gasteiger partial charge on any atom is -0.459 e. The van der Waals surface area contributed by atoms with Crippen molar-refractivity contribution in [3.63, 3.8) is 0 Å². The number of benzene rings is 3. The zero-order chi connectivity index (χ0) is 26.8. The summed E-state index contributed by atoms with van der Waals surface area (Å²) in [6.07, 6.45) is -0.948. The van der Waals surface area contributed by atoms with Crippen LogP contribution in [0.4, 0.5) is 0 Å². The number of aliphatic hydroxyl groups is 1. The third kappa shape index (κ3) is 5.53. The lowest BCUT2D eigenvalue weighted by Gasteiger charge is -2.38. The lowest BCUT2D eigenvalue weighted by atomic mass is 9.79. The minimum atomic E-state index is -0.986. The van der Waals surface area contributed by atoms with Gasteiger partial charge in [-0.25, -0.2) is 0 Å². The highest BCUT2D eigenvalue weighted by Gasteiger charge is 2.47. The van der Waals surface area contributed by atoms with Gasteiger partial charge in [0, 0.05) is 12.3 Å². The summed E-state index contributed by atoms with van der Waals surface area (Å²) in [5, 5.41) is 14.6. The van der Waals surface area contributed by atoms with Crippen LogP contribution in [0, 0.1) is 5.92 Å². The van der Waals surface area contributed by atoms with E-state index in [2.05, 4.69) is 41.7 Å². The third-order valence-corrected chi connectivity index (χ3v) is 6.83. The Morgan fingerprint density at radius 2 is 1.38 bits per heavy atom. The summed E-state index contributed by atoms with van der Waals surface area (Å²) in [7, 11) is 0. The normalized spacial score (nSPS) is 15.5. The van der Waals surface area contributed by atoms with Crippen molar-refractivity contribution in [3.05, 3.63) is 95.6 Å². The molecular formula is C32H37NO4. The van der Waals surface area contributed by atoms with Crippen LogP contribution >= 0.6 is 0 Å². The van der Waals surface area contributed by atoms with E-state index in [0.717, 1.165) is 27.8 Å². The minimum absolute atomic E-state index is 0.00977. The van der Waals surface area contributed by atoms with Crippen molar-refractivity contribution in [2.45, 2.75) is 70.7 Å². The number of nitrogens with one attached hydrogen (secondary N) is 1. The van der Waals surface area contributed by atoms with Crippen LogP contribution in [0.1, 0.15) is 64.2 Å². The van der Waals surface area contributed by atoms with Crippen LogP contribution in [0.15, 0.2) is 78.9 Å². The molecule has 1 aliphatic rings. The second-order valence-electron chi connectivity index (χ2n) is 11.2. The monoisotopic (exact) mass is 499 g/mol. The topological polar surface area (TPSA) is 75.6 Å². The van der Waals surface area contributed by atoms with E-state index in [9.17, 15) is 14.7 Å². The summed E-state index contributed by atoms with van der Waals surface area (Å²) in [4.78, 5) is 26.0. The van der Waals surface area contributed by atoms with Crippen LogP contribution in [0.3, 0.4) is 0 Å². The van der Waals surface area contributed by atoms with Gasteiger partial charge in [0.1, 0.15) is 17.4 Å². The first kappa shape index (κ1) is 26.8. The Bertz CT molecular complexity index is 1210. The van der Waals surface area contributed by atoms with Crippen LogP contribution in [0.25, 0.3) is 11.1 Å². The second kappa shape index (κ2) is 10.6. The number of Topliss-reactive ketones (excluding diaryl/α,β-unsaturated/α-hetero) is 1. The average Bonchev–Trinajstić information content (AvgIpc) is 3.14. The molecule has 4 rings (SSSR count). The number of aliphatic hydroxyl groups excluding tert-OH is 1. The molecule has 3 aromatic carbocycles. The van der Waals surface area contributed by atoms with E-state index in [4.69, 9.17) is 4.74 Å². The molecule has 2 N–H and O–H groups in total. The molecule has 194 valence electrons. The zero-order valence-corrected chi connectivity index (χ0v) is 22.3. The molecule has 0 saturated carbocycles. The highest BCUT2D eigenvalue weighted by atomic mass is 16.6. The van der Waals surface area contributed by atoms with E-state index >= 15 is 0 Å². The Balaban J connectivity index is 1.84. The molecule has 1 unspecified atom stereocenters. The van der Waals surface area contributed by atoms with E-state index in [1.165, 1.54) is 0 Å². The summed E-state index contributed by atoms with van der Waals surface area (Å²) < 4.78 is 5.82. The fourth-order valence-electron chi connectivity index (χ4n) is 5.14. The summed E-state index contributed by atoms with van der Waals surface area (Å²) in [6, 6.07) is 25.6. The van der Waals surface area contributed by atoms with Gasteiger partial charge in [-0.1, -0.05) is 92.7 Å². The van der Waals surface area contributed by atoms with Gasteiger partial charge in [-0.2, -0.15) is 0 Å². The predicted octanol–water partition coefficient (Wildman–Crippen LogP) is 5.63. The van der Waals surface area contributed by atoms with Gasteiger partial charge in [-0.15, -0.1) is 0 Å². The number of ketones is 1. The van der Waals surface area contributed by atoms with Gasteiger partial charge in [-0.3, -0.25) is 14.9 Å². The molecule has 5 heteroatoms. The van der Waals surface area contributed by atoms with Crippen molar-refractivity contribution >= 4 is 11.8 Å². The Labute approximate surface area is 219 Å². The Morgan fingerprint density at radius 3 is 1.89 bits per heavy atom. The molecule has 0 radical (unpaired) electrons. The molecule has 0 spiro atoms. The molecular weight excluding hydrogens is 462 g/mol. The fourth-order valence-corrected chi connectivity index (χ4v) is 5.14. The lowest BCUT2D eigenvalue weighted by molar-refractivity contribution is -0.159. The van der Waals surface area contributed by atoms with Gasteiger partial charge in [-0.05, 0) is 55.0 Å². The number of carbonyl (C=O) groups excluding carboxylic acids is 2. The van der Waals surface area contributed by atoms with E-state index in [0.29, 0.717) is 0 Å². The largest absolute Gasteiger partial charge is 0.459 e. The van der Waals surface area contributed by atoms with Crippen LogP contribution in [-0.2, 0) is 19.9 Å². The molecule has 0 bridgehead atoms. The number of hydrogen-bond donors (Lipinski definition) is 2. The first-order valence-corrected chi connectivity index (χ1v) is 13.0. The van der Waals surface area contributed by atoms with Gasteiger partial charge in [0.05, 0.1) is 11.6 Å². The quantitative estimate of drug-likeness (QED) is 0.374. The van der Waals surface area contributed by atoms with Crippen LogP contribution in [0.2, 0.25) is 0 Å². The zero-order valence-electron chi connectivity index (χ0n) is 22.3. The highest BCUT2D eigenvalue weighted by molar-refractivity contribution is 5.85. The van der Waals surface area contributed by atoms with Crippen LogP contribution in [-0.4, -0.2) is 34.6 Å². The second-order valence-corrected chi connectivity index (χ2v) is 11.2. The number of esters is 1. The predicted molar refractivity (Wildman–Crippen MR) is 146 cm³/mol. The lowest BCUT2D eigenvalue weighted by Crippen LogP contribution is -2.54. The van der Waals surface area contributed by atoms with Gasteiger partial charge >= 0.3 is 5.97 Å². The highest BCUT2D eigenvalue weighted by Crippen LogP contribution is 2.51. The van der Waals surface area contributed by atoms with Crippen molar-refractivity contribution in [2.24, 2.45) is 5.92 Å².